The Hall–Kier alpha value is -0.515. The van der Waals surface area contributed by atoms with E-state index in [0.717, 1.165) is 11.0 Å². The van der Waals surface area contributed by atoms with Crippen molar-refractivity contribution in [1.29, 1.82) is 0 Å². The molecule has 0 bridgehead atoms. The maximum Gasteiger partial charge on any atom is 0.491 e. The first-order valence-electron chi connectivity index (χ1n) is 7.32. The molecule has 1 aliphatic rings. The van der Waals surface area contributed by atoms with Crippen LogP contribution in [0, 0.1) is 0 Å². The minimum atomic E-state index is -0.399. The van der Waals surface area contributed by atoms with Crippen LogP contribution in [-0.4, -0.2) is 31.9 Å². The van der Waals surface area contributed by atoms with Crippen LogP contribution in [0.2, 0.25) is 10.0 Å². The van der Waals surface area contributed by atoms with E-state index in [2.05, 4.69) is 5.32 Å². The van der Waals surface area contributed by atoms with Crippen molar-refractivity contribution >= 4 is 36.4 Å². The van der Waals surface area contributed by atoms with Crippen molar-refractivity contribution in [3.8, 4) is 0 Å². The van der Waals surface area contributed by atoms with E-state index < -0.39 is 7.12 Å². The van der Waals surface area contributed by atoms with Gasteiger partial charge >= 0.3 is 7.12 Å². The highest BCUT2D eigenvalue weighted by Crippen LogP contribution is 2.39. The molecule has 0 radical (unpaired) electrons. The highest BCUT2D eigenvalue weighted by molar-refractivity contribution is 6.56. The van der Waals surface area contributed by atoms with Crippen molar-refractivity contribution in [2.24, 2.45) is 0 Å². The second-order valence-corrected chi connectivity index (χ2v) is 7.35. The summed E-state index contributed by atoms with van der Waals surface area (Å²) in [5.74, 6) is 0. The summed E-state index contributed by atoms with van der Waals surface area (Å²) in [6.07, 6.45) is 2.00. The van der Waals surface area contributed by atoms with Crippen LogP contribution in [0.1, 0.15) is 33.3 Å². The van der Waals surface area contributed by atoms with Crippen LogP contribution in [0.15, 0.2) is 23.7 Å². The van der Waals surface area contributed by atoms with E-state index >= 15 is 0 Å². The van der Waals surface area contributed by atoms with Gasteiger partial charge in [-0.15, -0.1) is 0 Å². The molecule has 0 aromatic heterocycles. The Morgan fingerprint density at radius 2 is 1.77 bits per heavy atom. The quantitative estimate of drug-likeness (QED) is 0.831. The van der Waals surface area contributed by atoms with Crippen LogP contribution in [0.3, 0.4) is 0 Å². The Morgan fingerprint density at radius 1 is 1.18 bits per heavy atom. The van der Waals surface area contributed by atoms with Crippen molar-refractivity contribution < 1.29 is 9.31 Å². The third-order valence-electron chi connectivity index (χ3n) is 4.24. The van der Waals surface area contributed by atoms with Gasteiger partial charge in [0.1, 0.15) is 0 Å². The molecule has 0 saturated carbocycles. The van der Waals surface area contributed by atoms with E-state index in [9.17, 15) is 0 Å². The van der Waals surface area contributed by atoms with Gasteiger partial charge in [0.2, 0.25) is 0 Å². The van der Waals surface area contributed by atoms with E-state index in [4.69, 9.17) is 32.5 Å². The van der Waals surface area contributed by atoms with E-state index in [0.29, 0.717) is 16.6 Å². The maximum absolute atomic E-state index is 6.26. The smallest absolute Gasteiger partial charge is 0.400 e. The van der Waals surface area contributed by atoms with Crippen LogP contribution >= 0.6 is 23.2 Å². The van der Waals surface area contributed by atoms with Crippen LogP contribution < -0.4 is 5.32 Å². The lowest BCUT2D eigenvalue weighted by Crippen LogP contribution is -2.41. The standard InChI is InChI=1S/C16H22BCl2NO2/c1-15(2)16(3,4)22-17(21-15)12(10-20-5)8-11-6-7-13(18)9-14(11)19/h6-9,20H,10H2,1-5H3. The van der Waals surface area contributed by atoms with Crippen molar-refractivity contribution in [3.63, 3.8) is 0 Å². The third-order valence-corrected chi connectivity index (χ3v) is 4.80. The van der Waals surface area contributed by atoms with E-state index in [1.54, 1.807) is 6.07 Å². The lowest BCUT2D eigenvalue weighted by molar-refractivity contribution is 0.00578. The first-order chi connectivity index (χ1) is 10.2. The molecule has 1 aromatic rings. The van der Waals surface area contributed by atoms with Crippen LogP contribution in [0.4, 0.5) is 0 Å². The molecular weight excluding hydrogens is 320 g/mol. The summed E-state index contributed by atoms with van der Waals surface area (Å²) in [5.41, 5.74) is 1.15. The summed E-state index contributed by atoms with van der Waals surface area (Å²) in [6, 6.07) is 5.45. The highest BCUT2D eigenvalue weighted by atomic mass is 35.5. The Kier molecular flexibility index (Phi) is 5.30. The summed E-state index contributed by atoms with van der Waals surface area (Å²) in [7, 11) is 1.49. The molecule has 1 saturated heterocycles. The third kappa shape index (κ3) is 3.69. The fraction of sp³-hybridized carbons (Fsp3) is 0.500. The molecule has 22 heavy (non-hydrogen) atoms. The molecule has 2 rings (SSSR count). The molecule has 0 atom stereocenters. The Balaban J connectivity index is 2.33. The summed E-state index contributed by atoms with van der Waals surface area (Å²) in [5, 5.41) is 4.38. The van der Waals surface area contributed by atoms with E-state index in [-0.39, 0.29) is 11.2 Å². The minimum Gasteiger partial charge on any atom is -0.400 e. The van der Waals surface area contributed by atoms with Gasteiger partial charge in [-0.05, 0) is 57.9 Å². The zero-order chi connectivity index (χ0) is 16.5. The van der Waals surface area contributed by atoms with Crippen molar-refractivity contribution in [1.82, 2.24) is 5.32 Å². The molecule has 3 nitrogen and oxygen atoms in total. The molecule has 1 aromatic carbocycles. The topological polar surface area (TPSA) is 30.5 Å². The first-order valence-corrected chi connectivity index (χ1v) is 8.07. The summed E-state index contributed by atoms with van der Waals surface area (Å²) in [6.45, 7) is 8.81. The van der Waals surface area contributed by atoms with Gasteiger partial charge in [0, 0.05) is 16.6 Å². The zero-order valence-electron chi connectivity index (χ0n) is 13.7. The Labute approximate surface area is 143 Å². The van der Waals surface area contributed by atoms with Crippen LogP contribution in [0.5, 0.6) is 0 Å². The average molecular weight is 342 g/mol. The first kappa shape index (κ1) is 17.8. The predicted molar refractivity (Wildman–Crippen MR) is 94.4 cm³/mol. The molecule has 0 spiro atoms. The van der Waals surface area contributed by atoms with Gasteiger partial charge in [-0.25, -0.2) is 0 Å². The number of rotatable bonds is 4. The van der Waals surface area contributed by atoms with Crippen LogP contribution in [-0.2, 0) is 9.31 Å². The van der Waals surface area contributed by atoms with Crippen molar-refractivity contribution in [2.45, 2.75) is 38.9 Å². The average Bonchev–Trinajstić information content (AvgIpc) is 2.61. The fourth-order valence-corrected chi connectivity index (χ4v) is 2.68. The minimum absolute atomic E-state index is 0.367. The van der Waals surface area contributed by atoms with Gasteiger partial charge in [-0.1, -0.05) is 35.3 Å². The lowest BCUT2D eigenvalue weighted by atomic mass is 9.77. The van der Waals surface area contributed by atoms with Gasteiger partial charge in [-0.2, -0.15) is 0 Å². The highest BCUT2D eigenvalue weighted by Gasteiger charge is 2.52. The van der Waals surface area contributed by atoms with Gasteiger partial charge < -0.3 is 14.6 Å². The molecule has 0 amide bonds. The van der Waals surface area contributed by atoms with Gasteiger partial charge in [0.15, 0.2) is 0 Å². The monoisotopic (exact) mass is 341 g/mol. The normalized spacial score (nSPS) is 20.5. The molecule has 6 heteroatoms. The van der Waals surface area contributed by atoms with Gasteiger partial charge in [0.05, 0.1) is 11.2 Å². The number of likely N-dealkylation sites (N-methyl/N-ethyl adjacent to an activating group) is 1. The summed E-state index contributed by atoms with van der Waals surface area (Å²) >= 11 is 12.2. The molecule has 1 N–H and O–H groups in total. The number of hydrogen-bond acceptors (Lipinski definition) is 3. The zero-order valence-corrected chi connectivity index (χ0v) is 15.2. The second-order valence-electron chi connectivity index (χ2n) is 6.50. The maximum atomic E-state index is 6.26. The SMILES string of the molecule is CNCC(=Cc1ccc(Cl)cc1Cl)B1OC(C)(C)C(C)(C)O1. The lowest BCUT2D eigenvalue weighted by Gasteiger charge is -2.32. The molecule has 120 valence electrons. The van der Waals surface area contributed by atoms with E-state index in [1.807, 2.05) is 53.0 Å². The Bertz CT molecular complexity index is 572. The largest absolute Gasteiger partial charge is 0.491 e. The summed E-state index contributed by atoms with van der Waals surface area (Å²) < 4.78 is 12.2. The molecule has 0 unspecified atom stereocenters. The van der Waals surface area contributed by atoms with Crippen molar-refractivity contribution in [2.75, 3.05) is 13.6 Å². The number of benzene rings is 1. The second kappa shape index (κ2) is 6.54. The van der Waals surface area contributed by atoms with Gasteiger partial charge in [0.25, 0.3) is 0 Å². The molecular formula is C16H22BCl2NO2. The molecule has 0 aliphatic carbocycles. The predicted octanol–water partition coefficient (Wildman–Crippen LogP) is 4.23. The summed E-state index contributed by atoms with van der Waals surface area (Å²) in [4.78, 5) is 0. The number of hydrogen-bond donors (Lipinski definition) is 1. The molecule has 1 fully saturated rings. The van der Waals surface area contributed by atoms with E-state index in [1.165, 1.54) is 0 Å². The van der Waals surface area contributed by atoms with Crippen molar-refractivity contribution in [3.05, 3.63) is 39.3 Å². The fourth-order valence-electron chi connectivity index (χ4n) is 2.22. The Morgan fingerprint density at radius 3 is 2.27 bits per heavy atom. The van der Waals surface area contributed by atoms with Gasteiger partial charge in [-0.3, -0.25) is 0 Å². The van der Waals surface area contributed by atoms with Crippen LogP contribution in [0.25, 0.3) is 6.08 Å². The molecule has 1 heterocycles. The number of halogens is 2. The molecule has 1 aliphatic heterocycles. The number of nitrogens with one attached hydrogen (secondary N) is 1.